The molecule has 1 aliphatic heterocycles. The van der Waals surface area contributed by atoms with Crippen molar-refractivity contribution < 1.29 is 42.7 Å². The predicted octanol–water partition coefficient (Wildman–Crippen LogP) is 2.41. The van der Waals surface area contributed by atoms with E-state index in [1.54, 1.807) is 13.8 Å². The number of aliphatic hydroxyl groups excluding tert-OH is 1. The molecule has 16 heteroatoms. The lowest BCUT2D eigenvalue weighted by Gasteiger charge is -2.28. The van der Waals surface area contributed by atoms with Crippen molar-refractivity contribution in [1.29, 1.82) is 0 Å². The SMILES string of the molecule is CCC(=O)SCCOP(=O)(OCCSC(=O)CC)OC[C@H]1O[C@@H](n2ccc(=O)[nH]c2=S)C(C)(O)[C@H]1O. The molecule has 1 aromatic heterocycles. The molecular weight excluding hydrogens is 555 g/mol. The van der Waals surface area contributed by atoms with E-state index in [0.717, 1.165) is 23.5 Å². The predicted molar refractivity (Wildman–Crippen MR) is 137 cm³/mol. The van der Waals surface area contributed by atoms with Crippen LogP contribution in [-0.4, -0.2) is 79.1 Å². The van der Waals surface area contributed by atoms with Gasteiger partial charge in [0, 0.05) is 36.6 Å². The summed E-state index contributed by atoms with van der Waals surface area (Å²) in [7, 11) is -4.18. The molecule has 2 rings (SSSR count). The third-order valence-electron chi connectivity index (χ3n) is 5.02. The molecule has 1 unspecified atom stereocenters. The number of phosphoric acid groups is 1. The molecule has 0 aliphatic carbocycles. The van der Waals surface area contributed by atoms with Crippen LogP contribution in [0, 0.1) is 4.77 Å². The zero-order chi connectivity index (χ0) is 26.9. The fourth-order valence-electron chi connectivity index (χ4n) is 3.08. The van der Waals surface area contributed by atoms with Crippen LogP contribution in [0.2, 0.25) is 0 Å². The highest BCUT2D eigenvalue weighted by molar-refractivity contribution is 8.13. The van der Waals surface area contributed by atoms with E-state index in [0.29, 0.717) is 12.8 Å². The van der Waals surface area contributed by atoms with E-state index in [9.17, 15) is 29.2 Å². The average Bonchev–Trinajstić information content (AvgIpc) is 3.06. The Morgan fingerprint density at radius 2 is 1.75 bits per heavy atom. The molecule has 0 spiro atoms. The molecule has 1 saturated heterocycles. The van der Waals surface area contributed by atoms with E-state index in [-0.39, 0.29) is 39.7 Å². The molecule has 0 aromatic carbocycles. The molecule has 1 aliphatic rings. The van der Waals surface area contributed by atoms with E-state index >= 15 is 0 Å². The zero-order valence-electron chi connectivity index (χ0n) is 20.1. The number of thioether (sulfide) groups is 2. The number of aromatic amines is 1. The maximum atomic E-state index is 13.2. The third-order valence-corrected chi connectivity index (χ3v) is 8.76. The summed E-state index contributed by atoms with van der Waals surface area (Å²) in [6, 6.07) is 1.18. The molecule has 204 valence electrons. The Bertz CT molecular complexity index is 1030. The van der Waals surface area contributed by atoms with Crippen molar-refractivity contribution in [3.63, 3.8) is 0 Å². The number of H-pyrrole nitrogens is 1. The molecule has 1 aromatic rings. The minimum Gasteiger partial charge on any atom is -0.387 e. The largest absolute Gasteiger partial charge is 0.474 e. The number of nitrogens with zero attached hydrogens (tertiary/aromatic N) is 1. The van der Waals surface area contributed by atoms with Gasteiger partial charge < -0.3 is 14.9 Å². The number of carbonyl (C=O) groups excluding carboxylic acids is 2. The highest BCUT2D eigenvalue weighted by Gasteiger charge is 2.53. The Labute approximate surface area is 222 Å². The van der Waals surface area contributed by atoms with Crippen LogP contribution in [0.4, 0.5) is 0 Å². The zero-order valence-corrected chi connectivity index (χ0v) is 23.5. The van der Waals surface area contributed by atoms with Crippen LogP contribution < -0.4 is 5.56 Å². The summed E-state index contributed by atoms with van der Waals surface area (Å²) in [6.07, 6.45) is -1.82. The van der Waals surface area contributed by atoms with Gasteiger partial charge in [-0.2, -0.15) is 0 Å². The van der Waals surface area contributed by atoms with Crippen molar-refractivity contribution in [3.8, 4) is 0 Å². The number of hydrogen-bond donors (Lipinski definition) is 3. The first-order valence-corrected chi connectivity index (χ1v) is 15.0. The van der Waals surface area contributed by atoms with Crippen LogP contribution in [0.1, 0.15) is 39.8 Å². The third kappa shape index (κ3) is 8.86. The summed E-state index contributed by atoms with van der Waals surface area (Å²) in [5.74, 6) is 0.437. The lowest BCUT2D eigenvalue weighted by atomic mass is 9.96. The summed E-state index contributed by atoms with van der Waals surface area (Å²) in [4.78, 5) is 36.8. The summed E-state index contributed by atoms with van der Waals surface area (Å²) < 4.78 is 36.3. The van der Waals surface area contributed by atoms with Crippen molar-refractivity contribution in [3.05, 3.63) is 27.4 Å². The van der Waals surface area contributed by atoms with Crippen molar-refractivity contribution in [2.45, 2.75) is 57.6 Å². The summed E-state index contributed by atoms with van der Waals surface area (Å²) in [5, 5.41) is 21.4. The molecule has 2 heterocycles. The number of phosphoric ester groups is 1. The Balaban J connectivity index is 2.06. The van der Waals surface area contributed by atoms with Gasteiger partial charge in [0.25, 0.3) is 5.56 Å². The number of aliphatic hydroxyl groups is 2. The van der Waals surface area contributed by atoms with Gasteiger partial charge in [-0.15, -0.1) is 0 Å². The van der Waals surface area contributed by atoms with Gasteiger partial charge in [-0.05, 0) is 19.1 Å². The second-order valence-electron chi connectivity index (χ2n) is 7.77. The standard InChI is InChI=1S/C20H31N2O10PS3/c1-4-15(24)35-10-8-29-33(28,30-9-11-36-16(25)5-2)31-12-13-17(26)20(3,27)18(32-13)22-7-6-14(23)21-19(22)34/h6-7,13,17-18,26-27H,4-5,8-12H2,1-3H3,(H,21,23,34)/t13-,17+,18-,20?/m1/s1. The average molecular weight is 587 g/mol. The molecule has 0 saturated carbocycles. The molecule has 12 nitrogen and oxygen atoms in total. The second-order valence-corrected chi connectivity index (χ2v) is 12.1. The van der Waals surface area contributed by atoms with Gasteiger partial charge in [0.1, 0.15) is 17.8 Å². The Morgan fingerprint density at radius 3 is 2.25 bits per heavy atom. The number of hydrogen-bond acceptors (Lipinski definition) is 13. The fourth-order valence-corrected chi connectivity index (χ4v) is 5.96. The highest BCUT2D eigenvalue weighted by Crippen LogP contribution is 2.50. The lowest BCUT2D eigenvalue weighted by Crippen LogP contribution is -2.44. The number of aromatic nitrogens is 2. The number of carbonyl (C=O) groups is 2. The minimum absolute atomic E-state index is 0.0304. The molecule has 0 radical (unpaired) electrons. The first kappa shape index (κ1) is 31.3. The fraction of sp³-hybridized carbons (Fsp3) is 0.700. The first-order chi connectivity index (χ1) is 16.9. The number of nitrogens with one attached hydrogen (secondary N) is 1. The van der Waals surface area contributed by atoms with Crippen LogP contribution in [0.25, 0.3) is 0 Å². The van der Waals surface area contributed by atoms with E-state index in [4.69, 9.17) is 30.5 Å². The van der Waals surface area contributed by atoms with Gasteiger partial charge in [-0.25, -0.2) is 4.57 Å². The topological polar surface area (TPSA) is 166 Å². The molecule has 36 heavy (non-hydrogen) atoms. The van der Waals surface area contributed by atoms with Crippen LogP contribution in [0.3, 0.4) is 0 Å². The van der Waals surface area contributed by atoms with Crippen LogP contribution in [0.5, 0.6) is 0 Å². The van der Waals surface area contributed by atoms with E-state index in [1.807, 2.05) is 0 Å². The second kappa shape index (κ2) is 14.3. The van der Waals surface area contributed by atoms with Gasteiger partial charge in [-0.3, -0.25) is 37.5 Å². The molecule has 4 atom stereocenters. The summed E-state index contributed by atoms with van der Waals surface area (Å²) in [5.41, 5.74) is -2.29. The number of rotatable bonds is 14. The monoisotopic (exact) mass is 586 g/mol. The van der Waals surface area contributed by atoms with Crippen molar-refractivity contribution >= 4 is 53.8 Å². The van der Waals surface area contributed by atoms with Gasteiger partial charge in [0.05, 0.1) is 19.8 Å². The molecule has 1 fully saturated rings. The number of ether oxygens (including phenoxy) is 1. The summed E-state index contributed by atoms with van der Waals surface area (Å²) in [6.45, 7) is 4.05. The molecule has 0 bridgehead atoms. The quantitative estimate of drug-likeness (QED) is 0.165. The van der Waals surface area contributed by atoms with Crippen molar-refractivity contribution in [2.24, 2.45) is 0 Å². The highest BCUT2D eigenvalue weighted by atomic mass is 32.2. The van der Waals surface area contributed by atoms with Gasteiger partial charge >= 0.3 is 7.82 Å². The van der Waals surface area contributed by atoms with Gasteiger partial charge in [0.2, 0.25) is 0 Å². The minimum atomic E-state index is -4.18. The van der Waals surface area contributed by atoms with E-state index in [1.165, 1.54) is 23.8 Å². The van der Waals surface area contributed by atoms with Crippen LogP contribution in [-0.2, 0) is 32.5 Å². The normalized spacial score (nSPS) is 24.2. The van der Waals surface area contributed by atoms with Crippen LogP contribution >= 0.6 is 43.6 Å². The maximum Gasteiger partial charge on any atom is 0.474 e. The Kier molecular flexibility index (Phi) is 12.5. The lowest BCUT2D eigenvalue weighted by molar-refractivity contribution is -0.111. The van der Waals surface area contributed by atoms with Crippen molar-refractivity contribution in [1.82, 2.24) is 9.55 Å². The molecule has 0 amide bonds. The molecular formula is C20H31N2O10PS3. The van der Waals surface area contributed by atoms with Crippen molar-refractivity contribution in [2.75, 3.05) is 31.3 Å². The van der Waals surface area contributed by atoms with Gasteiger partial charge in [0.15, 0.2) is 21.2 Å². The van der Waals surface area contributed by atoms with Gasteiger partial charge in [-0.1, -0.05) is 37.4 Å². The van der Waals surface area contributed by atoms with E-state index in [2.05, 4.69) is 4.98 Å². The Morgan fingerprint density at radius 1 is 1.19 bits per heavy atom. The maximum absolute atomic E-state index is 13.2. The molecule has 3 N–H and O–H groups in total. The van der Waals surface area contributed by atoms with E-state index < -0.39 is 44.0 Å². The Hall–Kier alpha value is -0.870. The summed E-state index contributed by atoms with van der Waals surface area (Å²) >= 11 is 7.15. The van der Waals surface area contributed by atoms with Crippen LogP contribution in [0.15, 0.2) is 17.1 Å². The first-order valence-electron chi connectivity index (χ1n) is 11.2. The smallest absolute Gasteiger partial charge is 0.387 e.